The third kappa shape index (κ3) is 4.16. The normalized spacial score (nSPS) is 18.8. The lowest BCUT2D eigenvalue weighted by Gasteiger charge is -2.27. The van der Waals surface area contributed by atoms with E-state index in [1.54, 1.807) is 17.0 Å². The van der Waals surface area contributed by atoms with Gasteiger partial charge in [-0.15, -0.1) is 0 Å². The summed E-state index contributed by atoms with van der Waals surface area (Å²) in [5, 5.41) is 3.82. The third-order valence-corrected chi connectivity index (χ3v) is 6.49. The Bertz CT molecular complexity index is 1220. The number of nitrogens with one attached hydrogen (secondary N) is 2. The van der Waals surface area contributed by atoms with Gasteiger partial charge in [0, 0.05) is 55.2 Å². The van der Waals surface area contributed by atoms with Crippen molar-refractivity contribution in [3.8, 4) is 0 Å². The molecular formula is C25H27N5O3. The summed E-state index contributed by atoms with van der Waals surface area (Å²) in [6.45, 7) is 1.69. The lowest BCUT2D eigenvalue weighted by Crippen LogP contribution is -2.35. The summed E-state index contributed by atoms with van der Waals surface area (Å²) < 4.78 is 0. The highest BCUT2D eigenvalue weighted by Crippen LogP contribution is 2.28. The topological polar surface area (TPSA) is 112 Å². The standard InChI is InChI=1S/C25H27N5O3/c26-20-5-3-4-17-13-21(28-24(17)20)25(33)27-14-16-12-23(32)30(15-16)19-9-7-18(8-10-19)29-11-2-1-6-22(29)31/h3-5,7-10,13,16,28H,1-2,6,11-12,14-15,26H2,(H,27,33). The van der Waals surface area contributed by atoms with Crippen molar-refractivity contribution in [1.29, 1.82) is 0 Å². The van der Waals surface area contributed by atoms with Crippen LogP contribution in [0.1, 0.15) is 36.2 Å². The minimum Gasteiger partial charge on any atom is -0.397 e. The quantitative estimate of drug-likeness (QED) is 0.524. The summed E-state index contributed by atoms with van der Waals surface area (Å²) in [4.78, 5) is 44.0. The number of H-pyrrole nitrogens is 1. The van der Waals surface area contributed by atoms with Crippen molar-refractivity contribution < 1.29 is 14.4 Å². The van der Waals surface area contributed by atoms with Gasteiger partial charge in [0.1, 0.15) is 5.69 Å². The second-order valence-electron chi connectivity index (χ2n) is 8.80. The van der Waals surface area contributed by atoms with Crippen LogP contribution < -0.4 is 20.9 Å². The first-order valence-electron chi connectivity index (χ1n) is 11.4. The maximum absolute atomic E-state index is 12.6. The number of amides is 3. The molecule has 2 saturated heterocycles. The van der Waals surface area contributed by atoms with E-state index in [4.69, 9.17) is 5.73 Å². The summed E-state index contributed by atoms with van der Waals surface area (Å²) in [6.07, 6.45) is 2.93. The first-order valence-corrected chi connectivity index (χ1v) is 11.4. The molecule has 2 aromatic carbocycles. The van der Waals surface area contributed by atoms with Gasteiger partial charge in [-0.3, -0.25) is 14.4 Å². The van der Waals surface area contributed by atoms with Gasteiger partial charge in [0.05, 0.1) is 11.2 Å². The van der Waals surface area contributed by atoms with Crippen LogP contribution in [0.5, 0.6) is 0 Å². The second-order valence-corrected chi connectivity index (χ2v) is 8.80. The summed E-state index contributed by atoms with van der Waals surface area (Å²) in [5.41, 5.74) is 9.45. The van der Waals surface area contributed by atoms with Crippen LogP contribution in [0.25, 0.3) is 10.9 Å². The SMILES string of the molecule is Nc1cccc2cc(C(=O)NCC3CC(=O)N(c4ccc(N5CCCCC5=O)cc4)C3)[nH]c12. The van der Waals surface area contributed by atoms with Crippen LogP contribution in [0.3, 0.4) is 0 Å². The average molecular weight is 446 g/mol. The van der Waals surface area contributed by atoms with Gasteiger partial charge in [0.2, 0.25) is 11.8 Å². The van der Waals surface area contributed by atoms with Crippen LogP contribution in [0, 0.1) is 5.92 Å². The number of nitrogens with two attached hydrogens (primary N) is 1. The number of aromatic amines is 1. The predicted octanol–water partition coefficient (Wildman–Crippen LogP) is 3.05. The Hall–Kier alpha value is -3.81. The molecular weight excluding hydrogens is 418 g/mol. The van der Waals surface area contributed by atoms with Crippen LogP contribution >= 0.6 is 0 Å². The summed E-state index contributed by atoms with van der Waals surface area (Å²) >= 11 is 0. The van der Waals surface area contributed by atoms with Crippen molar-refractivity contribution in [2.45, 2.75) is 25.7 Å². The molecule has 4 N–H and O–H groups in total. The van der Waals surface area contributed by atoms with Crippen molar-refractivity contribution in [2.75, 3.05) is 35.2 Å². The van der Waals surface area contributed by atoms with Gasteiger partial charge in [-0.05, 0) is 49.2 Å². The number of hydrogen-bond donors (Lipinski definition) is 3. The molecule has 3 amide bonds. The molecule has 2 fully saturated rings. The van der Waals surface area contributed by atoms with Crippen molar-refractivity contribution in [3.63, 3.8) is 0 Å². The molecule has 170 valence electrons. The van der Waals surface area contributed by atoms with E-state index in [0.29, 0.717) is 37.3 Å². The number of hydrogen-bond acceptors (Lipinski definition) is 4. The molecule has 0 aliphatic carbocycles. The fraction of sp³-hybridized carbons (Fsp3) is 0.320. The number of nitrogen functional groups attached to an aromatic ring is 1. The molecule has 33 heavy (non-hydrogen) atoms. The van der Waals surface area contributed by atoms with Crippen LogP contribution in [0.15, 0.2) is 48.5 Å². The Morgan fingerprint density at radius 3 is 2.52 bits per heavy atom. The molecule has 0 bridgehead atoms. The summed E-state index contributed by atoms with van der Waals surface area (Å²) in [5.74, 6) is 0.000403. The van der Waals surface area contributed by atoms with Gasteiger partial charge in [-0.1, -0.05) is 12.1 Å². The number of nitrogens with zero attached hydrogens (tertiary/aromatic N) is 2. The Labute approximate surface area is 191 Å². The van der Waals surface area contributed by atoms with Crippen LogP contribution in [-0.2, 0) is 9.59 Å². The Kier molecular flexibility index (Phi) is 5.50. The van der Waals surface area contributed by atoms with Gasteiger partial charge >= 0.3 is 0 Å². The third-order valence-electron chi connectivity index (χ3n) is 6.49. The molecule has 1 atom stereocenters. The number of fused-ring (bicyclic) bond motifs is 1. The molecule has 8 nitrogen and oxygen atoms in total. The van der Waals surface area contributed by atoms with Gasteiger partial charge < -0.3 is 25.8 Å². The van der Waals surface area contributed by atoms with E-state index in [1.165, 1.54) is 0 Å². The fourth-order valence-electron chi connectivity index (χ4n) is 4.69. The number of anilines is 3. The molecule has 2 aliphatic heterocycles. The number of aromatic nitrogens is 1. The number of benzene rings is 2. The lowest BCUT2D eigenvalue weighted by molar-refractivity contribution is -0.119. The maximum Gasteiger partial charge on any atom is 0.267 e. The summed E-state index contributed by atoms with van der Waals surface area (Å²) in [7, 11) is 0. The van der Waals surface area contributed by atoms with Gasteiger partial charge in [0.25, 0.3) is 5.91 Å². The van der Waals surface area contributed by atoms with E-state index in [0.717, 1.165) is 41.7 Å². The largest absolute Gasteiger partial charge is 0.397 e. The van der Waals surface area contributed by atoms with E-state index in [-0.39, 0.29) is 23.6 Å². The molecule has 0 radical (unpaired) electrons. The van der Waals surface area contributed by atoms with Crippen molar-refractivity contribution in [3.05, 3.63) is 54.2 Å². The first-order chi connectivity index (χ1) is 16.0. The average Bonchev–Trinajstić information content (AvgIpc) is 3.42. The zero-order chi connectivity index (χ0) is 22.9. The number of carbonyl (C=O) groups is 3. The van der Waals surface area contributed by atoms with E-state index in [9.17, 15) is 14.4 Å². The van der Waals surface area contributed by atoms with Crippen LogP contribution in [0.4, 0.5) is 17.1 Å². The van der Waals surface area contributed by atoms with E-state index in [2.05, 4.69) is 10.3 Å². The van der Waals surface area contributed by atoms with E-state index in [1.807, 2.05) is 41.3 Å². The lowest BCUT2D eigenvalue weighted by atomic mass is 10.1. The Balaban J connectivity index is 1.20. The first kappa shape index (κ1) is 21.1. The summed E-state index contributed by atoms with van der Waals surface area (Å²) in [6, 6.07) is 14.9. The molecule has 0 saturated carbocycles. The zero-order valence-corrected chi connectivity index (χ0v) is 18.3. The maximum atomic E-state index is 12.6. The van der Waals surface area contributed by atoms with Crippen molar-refractivity contribution in [1.82, 2.24) is 10.3 Å². The van der Waals surface area contributed by atoms with Crippen LogP contribution in [0.2, 0.25) is 0 Å². The van der Waals surface area contributed by atoms with Crippen molar-refractivity contribution >= 4 is 45.7 Å². The van der Waals surface area contributed by atoms with Gasteiger partial charge in [-0.25, -0.2) is 0 Å². The Morgan fingerprint density at radius 1 is 1.03 bits per heavy atom. The Morgan fingerprint density at radius 2 is 1.79 bits per heavy atom. The monoisotopic (exact) mass is 445 g/mol. The number of rotatable bonds is 5. The van der Waals surface area contributed by atoms with E-state index >= 15 is 0 Å². The molecule has 0 spiro atoms. The molecule has 2 aliphatic rings. The second kappa shape index (κ2) is 8.61. The molecule has 8 heteroatoms. The van der Waals surface area contributed by atoms with Gasteiger partial charge in [0.15, 0.2) is 0 Å². The van der Waals surface area contributed by atoms with E-state index < -0.39 is 0 Å². The minimum atomic E-state index is -0.216. The highest BCUT2D eigenvalue weighted by atomic mass is 16.2. The number of para-hydroxylation sites is 1. The predicted molar refractivity (Wildman–Crippen MR) is 128 cm³/mol. The number of piperidine rings is 1. The van der Waals surface area contributed by atoms with Crippen molar-refractivity contribution in [2.24, 2.45) is 5.92 Å². The van der Waals surface area contributed by atoms with Gasteiger partial charge in [-0.2, -0.15) is 0 Å². The fourth-order valence-corrected chi connectivity index (χ4v) is 4.69. The zero-order valence-electron chi connectivity index (χ0n) is 18.3. The highest BCUT2D eigenvalue weighted by molar-refractivity contribution is 6.01. The molecule has 5 rings (SSSR count). The molecule has 1 aromatic heterocycles. The smallest absolute Gasteiger partial charge is 0.267 e. The highest BCUT2D eigenvalue weighted by Gasteiger charge is 2.31. The molecule has 3 heterocycles. The molecule has 1 unspecified atom stereocenters. The minimum absolute atomic E-state index is 0.0271. The molecule has 3 aromatic rings. The van der Waals surface area contributed by atoms with Crippen LogP contribution in [-0.4, -0.2) is 42.3 Å². The number of carbonyl (C=O) groups excluding carboxylic acids is 3.